The normalized spacial score (nSPS) is 10.3. The second kappa shape index (κ2) is 6.09. The Bertz CT molecular complexity index is 636. The molecule has 2 rings (SSSR count). The molecule has 1 N–H and O–H groups in total. The van der Waals surface area contributed by atoms with Gasteiger partial charge in [-0.3, -0.25) is 0 Å². The van der Waals surface area contributed by atoms with E-state index in [0.29, 0.717) is 33.5 Å². The van der Waals surface area contributed by atoms with Crippen LogP contribution < -0.4 is 4.74 Å². The van der Waals surface area contributed by atoms with Crippen molar-refractivity contribution in [1.82, 2.24) is 0 Å². The summed E-state index contributed by atoms with van der Waals surface area (Å²) in [7, 11) is 0. The quantitative estimate of drug-likeness (QED) is 0.904. The van der Waals surface area contributed by atoms with Gasteiger partial charge in [-0.15, -0.1) is 0 Å². The second-order valence-corrected chi connectivity index (χ2v) is 5.38. The Morgan fingerprint density at radius 2 is 1.90 bits per heavy atom. The van der Waals surface area contributed by atoms with E-state index in [4.69, 9.17) is 4.74 Å². The monoisotopic (exact) mass is 334 g/mol. The van der Waals surface area contributed by atoms with Gasteiger partial charge in [-0.2, -0.15) is 0 Å². The molecule has 0 fully saturated rings. The molecular weight excluding hydrogens is 320 g/mol. The number of hydrogen-bond donors (Lipinski definition) is 1. The zero-order chi connectivity index (χ0) is 14.7. The van der Waals surface area contributed by atoms with Gasteiger partial charge in [0.2, 0.25) is 0 Å². The first kappa shape index (κ1) is 14.6. The SMILES string of the molecule is Cc1cc(OCc2ccccc2)c(Br)c(C)c1C(=O)O. The van der Waals surface area contributed by atoms with Crippen LogP contribution in [0, 0.1) is 13.8 Å². The van der Waals surface area contributed by atoms with Gasteiger partial charge in [0.05, 0.1) is 10.0 Å². The molecular formula is C16H15BrO3. The molecule has 0 saturated heterocycles. The van der Waals surface area contributed by atoms with Gasteiger partial charge in [-0.05, 0) is 52.5 Å². The molecule has 104 valence electrons. The van der Waals surface area contributed by atoms with Crippen LogP contribution in [0.1, 0.15) is 27.0 Å². The van der Waals surface area contributed by atoms with Crippen molar-refractivity contribution in [3.8, 4) is 5.75 Å². The van der Waals surface area contributed by atoms with Crippen LogP contribution in [0.15, 0.2) is 40.9 Å². The van der Waals surface area contributed by atoms with Crippen molar-refractivity contribution in [1.29, 1.82) is 0 Å². The highest BCUT2D eigenvalue weighted by atomic mass is 79.9. The molecule has 3 nitrogen and oxygen atoms in total. The Morgan fingerprint density at radius 3 is 2.50 bits per heavy atom. The van der Waals surface area contributed by atoms with Gasteiger partial charge in [0, 0.05) is 0 Å². The van der Waals surface area contributed by atoms with Crippen molar-refractivity contribution < 1.29 is 14.6 Å². The first-order chi connectivity index (χ1) is 9.50. The van der Waals surface area contributed by atoms with Gasteiger partial charge < -0.3 is 9.84 Å². The maximum absolute atomic E-state index is 11.2. The third kappa shape index (κ3) is 3.02. The summed E-state index contributed by atoms with van der Waals surface area (Å²) in [4.78, 5) is 11.2. The predicted molar refractivity (Wildman–Crippen MR) is 81.3 cm³/mol. The number of benzene rings is 2. The van der Waals surface area contributed by atoms with Gasteiger partial charge in [-0.1, -0.05) is 30.3 Å². The van der Waals surface area contributed by atoms with E-state index < -0.39 is 5.97 Å². The number of aryl methyl sites for hydroxylation is 1. The minimum atomic E-state index is -0.921. The van der Waals surface area contributed by atoms with Gasteiger partial charge in [-0.25, -0.2) is 4.79 Å². The van der Waals surface area contributed by atoms with Crippen LogP contribution in [0.3, 0.4) is 0 Å². The third-order valence-corrected chi connectivity index (χ3v) is 4.10. The molecule has 0 amide bonds. The van der Waals surface area contributed by atoms with Crippen LogP contribution in [0.5, 0.6) is 5.75 Å². The Morgan fingerprint density at radius 1 is 1.25 bits per heavy atom. The number of aromatic carboxylic acids is 1. The molecule has 0 bridgehead atoms. The van der Waals surface area contributed by atoms with E-state index in [1.54, 1.807) is 19.9 Å². The molecule has 0 saturated carbocycles. The van der Waals surface area contributed by atoms with Crippen molar-refractivity contribution in [3.05, 3.63) is 63.1 Å². The molecule has 4 heteroatoms. The maximum Gasteiger partial charge on any atom is 0.336 e. The van der Waals surface area contributed by atoms with Gasteiger partial charge in [0.1, 0.15) is 12.4 Å². The highest BCUT2D eigenvalue weighted by molar-refractivity contribution is 9.10. The molecule has 0 unspecified atom stereocenters. The fourth-order valence-electron chi connectivity index (χ4n) is 2.09. The van der Waals surface area contributed by atoms with Crippen LogP contribution in [-0.2, 0) is 6.61 Å². The van der Waals surface area contributed by atoms with E-state index in [1.165, 1.54) is 0 Å². The topological polar surface area (TPSA) is 46.5 Å². The number of carboxylic acid groups (broad SMARTS) is 1. The lowest BCUT2D eigenvalue weighted by atomic mass is 10.0. The van der Waals surface area contributed by atoms with Crippen molar-refractivity contribution in [2.24, 2.45) is 0 Å². The van der Waals surface area contributed by atoms with Crippen LogP contribution >= 0.6 is 15.9 Å². The summed E-state index contributed by atoms with van der Waals surface area (Å²) in [6.45, 7) is 4.00. The Kier molecular flexibility index (Phi) is 4.45. The minimum Gasteiger partial charge on any atom is -0.488 e. The van der Waals surface area contributed by atoms with E-state index in [-0.39, 0.29) is 0 Å². The zero-order valence-electron chi connectivity index (χ0n) is 11.3. The maximum atomic E-state index is 11.2. The lowest BCUT2D eigenvalue weighted by Crippen LogP contribution is -2.05. The molecule has 0 aromatic heterocycles. The van der Waals surface area contributed by atoms with Crippen LogP contribution in [0.25, 0.3) is 0 Å². The van der Waals surface area contributed by atoms with Gasteiger partial charge in [0.15, 0.2) is 0 Å². The Labute approximate surface area is 126 Å². The largest absolute Gasteiger partial charge is 0.488 e. The molecule has 0 aliphatic heterocycles. The molecule has 0 heterocycles. The van der Waals surface area contributed by atoms with Crippen molar-refractivity contribution in [2.75, 3.05) is 0 Å². The van der Waals surface area contributed by atoms with Crippen LogP contribution in [0.4, 0.5) is 0 Å². The Balaban J connectivity index is 2.28. The highest BCUT2D eigenvalue weighted by Crippen LogP contribution is 2.33. The Hall–Kier alpha value is -1.81. The first-order valence-corrected chi connectivity index (χ1v) is 6.99. The third-order valence-electron chi connectivity index (χ3n) is 3.11. The summed E-state index contributed by atoms with van der Waals surface area (Å²) >= 11 is 3.42. The van der Waals surface area contributed by atoms with Crippen LogP contribution in [-0.4, -0.2) is 11.1 Å². The van der Waals surface area contributed by atoms with E-state index in [9.17, 15) is 9.90 Å². The van der Waals surface area contributed by atoms with E-state index in [2.05, 4.69) is 15.9 Å². The summed E-state index contributed by atoms with van der Waals surface area (Å²) in [5.41, 5.74) is 2.77. The van der Waals surface area contributed by atoms with Crippen molar-refractivity contribution in [3.63, 3.8) is 0 Å². The lowest BCUT2D eigenvalue weighted by Gasteiger charge is -2.14. The van der Waals surface area contributed by atoms with E-state index >= 15 is 0 Å². The molecule has 0 spiro atoms. The zero-order valence-corrected chi connectivity index (χ0v) is 12.9. The minimum absolute atomic E-state index is 0.323. The standard InChI is InChI=1S/C16H15BrO3/c1-10-8-13(15(17)11(2)14(10)16(18)19)20-9-12-6-4-3-5-7-12/h3-8H,9H2,1-2H3,(H,18,19). The summed E-state index contributed by atoms with van der Waals surface area (Å²) in [5.74, 6) is -0.260. The average Bonchev–Trinajstić information content (AvgIpc) is 2.42. The molecule has 2 aromatic carbocycles. The fourth-order valence-corrected chi connectivity index (χ4v) is 2.52. The fraction of sp³-hybridized carbons (Fsp3) is 0.188. The van der Waals surface area contributed by atoms with Crippen molar-refractivity contribution in [2.45, 2.75) is 20.5 Å². The summed E-state index contributed by atoms with van der Waals surface area (Å²) in [5, 5.41) is 9.21. The first-order valence-electron chi connectivity index (χ1n) is 6.20. The average molecular weight is 335 g/mol. The van der Waals surface area contributed by atoms with Crippen molar-refractivity contribution >= 4 is 21.9 Å². The van der Waals surface area contributed by atoms with E-state index in [1.807, 2.05) is 30.3 Å². The molecule has 2 aromatic rings. The molecule has 0 radical (unpaired) electrons. The number of halogens is 1. The van der Waals surface area contributed by atoms with Crippen LogP contribution in [0.2, 0.25) is 0 Å². The van der Waals surface area contributed by atoms with E-state index in [0.717, 1.165) is 5.56 Å². The number of ether oxygens (including phenoxy) is 1. The molecule has 0 atom stereocenters. The number of rotatable bonds is 4. The predicted octanol–water partition coefficient (Wildman–Crippen LogP) is 4.34. The lowest BCUT2D eigenvalue weighted by molar-refractivity contribution is 0.0695. The molecule has 0 aliphatic rings. The number of hydrogen-bond acceptors (Lipinski definition) is 2. The summed E-state index contributed by atoms with van der Waals surface area (Å²) < 4.78 is 6.47. The number of carbonyl (C=O) groups is 1. The summed E-state index contributed by atoms with van der Waals surface area (Å²) in [6, 6.07) is 11.6. The number of carboxylic acids is 1. The second-order valence-electron chi connectivity index (χ2n) is 4.59. The smallest absolute Gasteiger partial charge is 0.336 e. The summed E-state index contributed by atoms with van der Waals surface area (Å²) in [6.07, 6.45) is 0. The highest BCUT2D eigenvalue weighted by Gasteiger charge is 2.17. The van der Waals surface area contributed by atoms with Gasteiger partial charge in [0.25, 0.3) is 0 Å². The molecule has 0 aliphatic carbocycles. The molecule has 20 heavy (non-hydrogen) atoms. The van der Waals surface area contributed by atoms with Gasteiger partial charge >= 0.3 is 5.97 Å².